The molecule has 10 heteroatoms. The standard InChI is InChI=1S/C30H33F2N3O4S/c1-22(30(37)33-25-11-4-2-5-12-25)34(20-23-10-8-9-15-28(23)32)29(36)21-35(26-13-6-3-7-14-26)40(38,39)27-18-16-24(31)17-19-27/h3,6-10,13-19,22,25H,2,4-5,11-12,20-21H2,1H3,(H,33,37)/t22-/m1/s1. The van der Waals surface area contributed by atoms with E-state index >= 15 is 0 Å². The van der Waals surface area contributed by atoms with Crippen molar-refractivity contribution >= 4 is 27.5 Å². The van der Waals surface area contributed by atoms with E-state index in [0.717, 1.165) is 60.7 Å². The molecule has 0 aliphatic heterocycles. The Kier molecular flexibility index (Phi) is 9.52. The highest BCUT2D eigenvalue weighted by atomic mass is 32.2. The largest absolute Gasteiger partial charge is 0.352 e. The first-order chi connectivity index (χ1) is 19.2. The summed E-state index contributed by atoms with van der Waals surface area (Å²) in [6, 6.07) is 17.3. The topological polar surface area (TPSA) is 86.8 Å². The Hall–Kier alpha value is -3.79. The maximum Gasteiger partial charge on any atom is 0.264 e. The van der Waals surface area contributed by atoms with Crippen LogP contribution in [0, 0.1) is 11.6 Å². The molecular formula is C30H33F2N3O4S. The number of hydrogen-bond donors (Lipinski definition) is 1. The highest BCUT2D eigenvalue weighted by Gasteiger charge is 2.33. The molecular weight excluding hydrogens is 536 g/mol. The van der Waals surface area contributed by atoms with Gasteiger partial charge >= 0.3 is 0 Å². The van der Waals surface area contributed by atoms with Crippen molar-refractivity contribution in [3.8, 4) is 0 Å². The van der Waals surface area contributed by atoms with Gasteiger partial charge in [0.15, 0.2) is 0 Å². The number of carbonyl (C=O) groups is 2. The summed E-state index contributed by atoms with van der Waals surface area (Å²) >= 11 is 0. The third-order valence-electron chi connectivity index (χ3n) is 7.14. The summed E-state index contributed by atoms with van der Waals surface area (Å²) in [5.41, 5.74) is 0.408. The number of rotatable bonds is 10. The summed E-state index contributed by atoms with van der Waals surface area (Å²) in [6.45, 7) is 0.668. The normalized spacial score (nSPS) is 14.8. The monoisotopic (exact) mass is 569 g/mol. The van der Waals surface area contributed by atoms with Gasteiger partial charge in [0.2, 0.25) is 11.8 Å². The molecule has 0 saturated heterocycles. The second-order valence-corrected chi connectivity index (χ2v) is 11.8. The van der Waals surface area contributed by atoms with Crippen LogP contribution in [0.25, 0.3) is 0 Å². The fourth-order valence-electron chi connectivity index (χ4n) is 4.82. The zero-order valence-corrected chi connectivity index (χ0v) is 23.1. The highest BCUT2D eigenvalue weighted by molar-refractivity contribution is 7.92. The summed E-state index contributed by atoms with van der Waals surface area (Å²) in [4.78, 5) is 28.1. The lowest BCUT2D eigenvalue weighted by Crippen LogP contribution is -2.53. The minimum atomic E-state index is -4.30. The first kappa shape index (κ1) is 29.2. The molecule has 0 aromatic heterocycles. The molecule has 1 aliphatic rings. The van der Waals surface area contributed by atoms with Gasteiger partial charge in [0.25, 0.3) is 10.0 Å². The Labute approximate surface area is 233 Å². The number of nitrogens with one attached hydrogen (secondary N) is 1. The van der Waals surface area contributed by atoms with Gasteiger partial charge in [-0.05, 0) is 62.2 Å². The molecule has 0 bridgehead atoms. The molecule has 1 saturated carbocycles. The SMILES string of the molecule is C[C@H](C(=O)NC1CCCCC1)N(Cc1ccccc1F)C(=O)CN(c1ccccc1)S(=O)(=O)c1ccc(F)cc1. The van der Waals surface area contributed by atoms with Gasteiger partial charge in [0, 0.05) is 18.2 Å². The molecule has 1 N–H and O–H groups in total. The molecule has 1 atom stereocenters. The molecule has 1 aliphatic carbocycles. The van der Waals surface area contributed by atoms with Gasteiger partial charge in [0.05, 0.1) is 10.6 Å². The zero-order chi connectivity index (χ0) is 28.7. The number of halogens is 2. The third kappa shape index (κ3) is 7.04. The van der Waals surface area contributed by atoms with Gasteiger partial charge in [-0.15, -0.1) is 0 Å². The smallest absolute Gasteiger partial charge is 0.264 e. The minimum absolute atomic E-state index is 0.00576. The molecule has 1 fully saturated rings. The Morgan fingerprint density at radius 2 is 1.52 bits per heavy atom. The number of hydrogen-bond acceptors (Lipinski definition) is 4. The zero-order valence-electron chi connectivity index (χ0n) is 22.3. The Bertz CT molecular complexity index is 1410. The second kappa shape index (κ2) is 13.0. The molecule has 212 valence electrons. The third-order valence-corrected chi connectivity index (χ3v) is 8.93. The van der Waals surface area contributed by atoms with E-state index in [-0.39, 0.29) is 34.6 Å². The highest BCUT2D eigenvalue weighted by Crippen LogP contribution is 2.25. The molecule has 0 heterocycles. The van der Waals surface area contributed by atoms with Crippen molar-refractivity contribution in [2.45, 2.75) is 62.6 Å². The van der Waals surface area contributed by atoms with E-state index in [1.54, 1.807) is 31.2 Å². The van der Waals surface area contributed by atoms with Gasteiger partial charge in [-0.25, -0.2) is 17.2 Å². The maximum atomic E-state index is 14.6. The van der Waals surface area contributed by atoms with Crippen LogP contribution in [0.2, 0.25) is 0 Å². The van der Waals surface area contributed by atoms with Crippen molar-refractivity contribution in [1.29, 1.82) is 0 Å². The molecule has 40 heavy (non-hydrogen) atoms. The molecule has 3 aromatic rings. The number of para-hydroxylation sites is 1. The van der Waals surface area contributed by atoms with E-state index in [4.69, 9.17) is 0 Å². The van der Waals surface area contributed by atoms with Crippen LogP contribution < -0.4 is 9.62 Å². The summed E-state index contributed by atoms with van der Waals surface area (Å²) in [7, 11) is -4.30. The van der Waals surface area contributed by atoms with Crippen molar-refractivity contribution in [3.63, 3.8) is 0 Å². The lowest BCUT2D eigenvalue weighted by molar-refractivity contribution is -0.139. The van der Waals surface area contributed by atoms with E-state index in [2.05, 4.69) is 5.32 Å². The van der Waals surface area contributed by atoms with E-state index in [9.17, 15) is 26.8 Å². The summed E-state index contributed by atoms with van der Waals surface area (Å²) in [5.74, 6) is -2.22. The van der Waals surface area contributed by atoms with Crippen LogP contribution in [-0.4, -0.2) is 43.8 Å². The molecule has 2 amide bonds. The first-order valence-corrected chi connectivity index (χ1v) is 14.8. The predicted molar refractivity (Wildman–Crippen MR) is 149 cm³/mol. The van der Waals surface area contributed by atoms with E-state index in [1.165, 1.54) is 35.2 Å². The fourth-order valence-corrected chi connectivity index (χ4v) is 6.23. The summed E-state index contributed by atoms with van der Waals surface area (Å²) in [6.07, 6.45) is 4.81. The number of nitrogens with zero attached hydrogens (tertiary/aromatic N) is 2. The van der Waals surface area contributed by atoms with Crippen LogP contribution in [0.3, 0.4) is 0 Å². The second-order valence-electron chi connectivity index (χ2n) is 9.93. The van der Waals surface area contributed by atoms with Crippen LogP contribution in [0.4, 0.5) is 14.5 Å². The summed E-state index contributed by atoms with van der Waals surface area (Å²) < 4.78 is 56.5. The average molecular weight is 570 g/mol. The Morgan fingerprint density at radius 3 is 2.17 bits per heavy atom. The van der Waals surface area contributed by atoms with Crippen LogP contribution in [0.15, 0.2) is 83.8 Å². The fraction of sp³-hybridized carbons (Fsp3) is 0.333. The molecule has 0 spiro atoms. The van der Waals surface area contributed by atoms with Gasteiger partial charge < -0.3 is 10.2 Å². The van der Waals surface area contributed by atoms with Crippen molar-refractivity contribution in [2.24, 2.45) is 0 Å². The van der Waals surface area contributed by atoms with Crippen LogP contribution in [0.1, 0.15) is 44.6 Å². The molecule has 0 unspecified atom stereocenters. The number of benzene rings is 3. The van der Waals surface area contributed by atoms with Crippen LogP contribution in [0.5, 0.6) is 0 Å². The van der Waals surface area contributed by atoms with Crippen molar-refractivity contribution in [3.05, 3.63) is 96.1 Å². The maximum absolute atomic E-state index is 14.6. The van der Waals surface area contributed by atoms with Crippen molar-refractivity contribution in [2.75, 3.05) is 10.8 Å². The first-order valence-electron chi connectivity index (χ1n) is 13.3. The van der Waals surface area contributed by atoms with Crippen LogP contribution in [-0.2, 0) is 26.2 Å². The molecule has 3 aromatic carbocycles. The van der Waals surface area contributed by atoms with Gasteiger partial charge in [-0.3, -0.25) is 13.9 Å². The predicted octanol–water partition coefficient (Wildman–Crippen LogP) is 5.03. The van der Waals surface area contributed by atoms with E-state index < -0.39 is 40.2 Å². The molecule has 4 rings (SSSR count). The van der Waals surface area contributed by atoms with E-state index in [0.29, 0.717) is 0 Å². The lowest BCUT2D eigenvalue weighted by atomic mass is 9.95. The lowest BCUT2D eigenvalue weighted by Gasteiger charge is -2.33. The number of carbonyl (C=O) groups excluding carboxylic acids is 2. The Balaban J connectivity index is 1.66. The molecule has 7 nitrogen and oxygen atoms in total. The Morgan fingerprint density at radius 1 is 0.900 bits per heavy atom. The number of anilines is 1. The van der Waals surface area contributed by atoms with Gasteiger partial charge in [-0.2, -0.15) is 0 Å². The van der Waals surface area contributed by atoms with Gasteiger partial charge in [-0.1, -0.05) is 55.7 Å². The van der Waals surface area contributed by atoms with E-state index in [1.807, 2.05) is 0 Å². The molecule has 0 radical (unpaired) electrons. The minimum Gasteiger partial charge on any atom is -0.352 e. The van der Waals surface area contributed by atoms with Gasteiger partial charge in [0.1, 0.15) is 24.2 Å². The summed E-state index contributed by atoms with van der Waals surface area (Å²) in [5, 5.41) is 3.01. The number of amides is 2. The number of sulfonamides is 1. The van der Waals surface area contributed by atoms with Crippen LogP contribution >= 0.6 is 0 Å². The average Bonchev–Trinajstić information content (AvgIpc) is 2.96. The van der Waals surface area contributed by atoms with Crippen molar-refractivity contribution < 1.29 is 26.8 Å². The quantitative estimate of drug-likeness (QED) is 0.371. The van der Waals surface area contributed by atoms with Crippen molar-refractivity contribution in [1.82, 2.24) is 10.2 Å².